The summed E-state index contributed by atoms with van der Waals surface area (Å²) in [6.07, 6.45) is 8.13. The highest BCUT2D eigenvalue weighted by Crippen LogP contribution is 2.47. The van der Waals surface area contributed by atoms with E-state index in [0.717, 1.165) is 0 Å². The number of carbonyl (C=O) groups excluding carboxylic acids is 3. The third-order valence-electron chi connectivity index (χ3n) is 5.86. The van der Waals surface area contributed by atoms with Crippen LogP contribution < -0.4 is 4.74 Å². The molecule has 0 amide bonds. The molecule has 1 unspecified atom stereocenters. The van der Waals surface area contributed by atoms with Crippen LogP contribution in [0.5, 0.6) is 11.5 Å². The highest BCUT2D eigenvalue weighted by molar-refractivity contribution is 5.98. The Morgan fingerprint density at radius 1 is 1.12 bits per heavy atom. The normalized spacial score (nSPS) is 22.3. The van der Waals surface area contributed by atoms with Crippen LogP contribution in [0, 0.1) is 0 Å². The molecule has 32 heavy (non-hydrogen) atoms. The summed E-state index contributed by atoms with van der Waals surface area (Å²) < 4.78 is 16.5. The van der Waals surface area contributed by atoms with Crippen molar-refractivity contribution < 1.29 is 33.4 Å². The second-order valence-electron chi connectivity index (χ2n) is 8.29. The van der Waals surface area contributed by atoms with E-state index in [2.05, 4.69) is 0 Å². The first-order valence-corrected chi connectivity index (χ1v) is 11.0. The Kier molecular flexibility index (Phi) is 6.44. The molecular formula is C25H26O7. The minimum atomic E-state index is -0.657. The fourth-order valence-corrected chi connectivity index (χ4v) is 4.25. The van der Waals surface area contributed by atoms with Gasteiger partial charge in [-0.05, 0) is 56.4 Å². The number of benzene rings is 1. The van der Waals surface area contributed by atoms with E-state index >= 15 is 0 Å². The second kappa shape index (κ2) is 9.42. The zero-order chi connectivity index (χ0) is 22.7. The number of hydrogen-bond acceptors (Lipinski definition) is 7. The molecule has 7 nitrogen and oxygen atoms in total. The summed E-state index contributed by atoms with van der Waals surface area (Å²) in [5, 5.41) is 11.2. The number of fused-ring (bicyclic) bond motifs is 2. The smallest absolute Gasteiger partial charge is 0.342 e. The molecule has 4 rings (SSSR count). The van der Waals surface area contributed by atoms with E-state index in [-0.39, 0.29) is 29.3 Å². The van der Waals surface area contributed by atoms with Crippen LogP contribution in [0.1, 0.15) is 85.0 Å². The van der Waals surface area contributed by atoms with Gasteiger partial charge in [-0.2, -0.15) is 0 Å². The Morgan fingerprint density at radius 2 is 1.94 bits per heavy atom. The average molecular weight is 438 g/mol. The van der Waals surface area contributed by atoms with Crippen molar-refractivity contribution in [1.29, 1.82) is 0 Å². The Balaban J connectivity index is 1.79. The predicted octanol–water partition coefficient (Wildman–Crippen LogP) is 4.91. The summed E-state index contributed by atoms with van der Waals surface area (Å²) in [7, 11) is 0. The monoisotopic (exact) mass is 438 g/mol. The summed E-state index contributed by atoms with van der Waals surface area (Å²) >= 11 is 0. The van der Waals surface area contributed by atoms with Crippen LogP contribution in [0.25, 0.3) is 6.08 Å². The lowest BCUT2D eigenvalue weighted by Gasteiger charge is -2.26. The molecule has 3 heterocycles. The number of phenols is 1. The topological polar surface area (TPSA) is 103 Å². The van der Waals surface area contributed by atoms with Gasteiger partial charge >= 0.3 is 11.9 Å². The van der Waals surface area contributed by atoms with Gasteiger partial charge in [0.1, 0.15) is 28.6 Å². The van der Waals surface area contributed by atoms with Crippen molar-refractivity contribution in [3.05, 3.63) is 53.0 Å². The van der Waals surface area contributed by atoms with Gasteiger partial charge in [-0.3, -0.25) is 9.59 Å². The molecule has 2 aromatic rings. The van der Waals surface area contributed by atoms with Crippen LogP contribution >= 0.6 is 0 Å². The zero-order valence-electron chi connectivity index (χ0n) is 18.0. The van der Waals surface area contributed by atoms with Crippen molar-refractivity contribution >= 4 is 23.8 Å². The van der Waals surface area contributed by atoms with Crippen LogP contribution in [0.4, 0.5) is 0 Å². The first kappa shape index (κ1) is 21.9. The SMILES string of the molecule is C[C@H]1CCCC(=O)CCCC=Cc2cc3c(c(O)c2C(=O)O1)C(c1ccco1)CC(=O)O3. The van der Waals surface area contributed by atoms with Crippen molar-refractivity contribution in [2.75, 3.05) is 0 Å². The molecule has 2 aliphatic rings. The molecule has 0 saturated carbocycles. The van der Waals surface area contributed by atoms with Gasteiger partial charge in [0, 0.05) is 18.4 Å². The molecule has 2 atom stereocenters. The summed E-state index contributed by atoms with van der Waals surface area (Å²) in [5.41, 5.74) is 0.771. The molecule has 1 aromatic carbocycles. The van der Waals surface area contributed by atoms with Crippen LogP contribution in [0.2, 0.25) is 0 Å². The number of Topliss-reactive ketones (excluding diaryl/α,β-unsaturated/α-hetero) is 1. The number of phenolic OH excluding ortho intramolecular Hbond substituents is 1. The minimum absolute atomic E-state index is 0.0117. The molecular weight excluding hydrogens is 412 g/mol. The molecule has 1 N–H and O–H groups in total. The van der Waals surface area contributed by atoms with E-state index in [4.69, 9.17) is 13.9 Å². The number of allylic oxidation sites excluding steroid dienone is 1. The maximum absolute atomic E-state index is 13.1. The van der Waals surface area contributed by atoms with E-state index in [9.17, 15) is 19.5 Å². The maximum atomic E-state index is 13.1. The fourth-order valence-electron chi connectivity index (χ4n) is 4.25. The van der Waals surface area contributed by atoms with Gasteiger partial charge in [0.25, 0.3) is 0 Å². The summed E-state index contributed by atoms with van der Waals surface area (Å²) in [6.45, 7) is 1.77. The zero-order valence-corrected chi connectivity index (χ0v) is 18.0. The van der Waals surface area contributed by atoms with Crippen LogP contribution in [0.15, 0.2) is 35.0 Å². The van der Waals surface area contributed by atoms with Gasteiger partial charge in [-0.25, -0.2) is 4.79 Å². The molecule has 0 bridgehead atoms. The highest BCUT2D eigenvalue weighted by Gasteiger charge is 2.36. The molecule has 168 valence electrons. The number of ether oxygens (including phenoxy) is 2. The highest BCUT2D eigenvalue weighted by atomic mass is 16.5. The lowest BCUT2D eigenvalue weighted by atomic mass is 9.86. The van der Waals surface area contributed by atoms with E-state index in [1.165, 1.54) is 6.26 Å². The largest absolute Gasteiger partial charge is 0.507 e. The molecule has 7 heteroatoms. The Morgan fingerprint density at radius 3 is 2.72 bits per heavy atom. The quantitative estimate of drug-likeness (QED) is 0.498. The molecule has 1 aromatic heterocycles. The number of esters is 2. The van der Waals surface area contributed by atoms with Crippen molar-refractivity contribution in [2.45, 2.75) is 63.9 Å². The molecule has 0 fully saturated rings. The first-order valence-electron chi connectivity index (χ1n) is 11.0. The lowest BCUT2D eigenvalue weighted by molar-refractivity contribution is -0.135. The van der Waals surface area contributed by atoms with Crippen molar-refractivity contribution in [3.63, 3.8) is 0 Å². The van der Waals surface area contributed by atoms with Crippen molar-refractivity contribution in [2.24, 2.45) is 0 Å². The Hall–Kier alpha value is -3.35. The molecule has 0 saturated heterocycles. The number of cyclic esters (lactones) is 1. The van der Waals surface area contributed by atoms with Crippen molar-refractivity contribution in [1.82, 2.24) is 0 Å². The molecule has 0 spiro atoms. The number of carbonyl (C=O) groups is 3. The van der Waals surface area contributed by atoms with Gasteiger partial charge in [-0.15, -0.1) is 0 Å². The average Bonchev–Trinajstić information content (AvgIpc) is 3.27. The maximum Gasteiger partial charge on any atom is 0.342 e. The molecule has 2 aliphatic heterocycles. The third kappa shape index (κ3) is 4.61. The van der Waals surface area contributed by atoms with Gasteiger partial charge in [0.15, 0.2) is 0 Å². The summed E-state index contributed by atoms with van der Waals surface area (Å²) in [4.78, 5) is 37.3. The lowest BCUT2D eigenvalue weighted by Crippen LogP contribution is -2.23. The number of hydrogen-bond donors (Lipinski definition) is 1. The number of furan rings is 1. The number of aromatic hydroxyl groups is 1. The molecule has 0 radical (unpaired) electrons. The summed E-state index contributed by atoms with van der Waals surface area (Å²) in [5.74, 6) is -1.04. The second-order valence-corrected chi connectivity index (χ2v) is 8.29. The van der Waals surface area contributed by atoms with Crippen LogP contribution in [-0.4, -0.2) is 28.9 Å². The van der Waals surface area contributed by atoms with Gasteiger partial charge < -0.3 is 19.0 Å². The standard InChI is InChI=1S/C25H26O7/c1-15-7-5-10-17(26)9-4-2-3-8-16-13-20-23(24(28)22(16)25(29)31-15)18(14-21(27)32-20)19-11-6-12-30-19/h3,6,8,11-13,15,18,28H,2,4-5,7,9-10,14H2,1H3/t15-,18?/m0/s1. The van der Waals surface area contributed by atoms with E-state index in [0.29, 0.717) is 55.4 Å². The van der Waals surface area contributed by atoms with Gasteiger partial charge in [0.05, 0.1) is 24.7 Å². The van der Waals surface area contributed by atoms with E-state index in [1.807, 2.05) is 6.08 Å². The third-order valence-corrected chi connectivity index (χ3v) is 5.86. The first-order chi connectivity index (χ1) is 15.4. The molecule has 0 aliphatic carbocycles. The van der Waals surface area contributed by atoms with E-state index < -0.39 is 24.0 Å². The van der Waals surface area contributed by atoms with Crippen LogP contribution in [-0.2, 0) is 14.3 Å². The van der Waals surface area contributed by atoms with E-state index in [1.54, 1.807) is 31.2 Å². The fraction of sp³-hybridized carbons (Fsp3) is 0.400. The van der Waals surface area contributed by atoms with Crippen molar-refractivity contribution in [3.8, 4) is 11.5 Å². The Bertz CT molecular complexity index is 1050. The minimum Gasteiger partial charge on any atom is -0.507 e. The van der Waals surface area contributed by atoms with Gasteiger partial charge in [0.2, 0.25) is 0 Å². The van der Waals surface area contributed by atoms with Crippen LogP contribution in [0.3, 0.4) is 0 Å². The number of rotatable bonds is 1. The van der Waals surface area contributed by atoms with Gasteiger partial charge in [-0.1, -0.05) is 12.2 Å². The predicted molar refractivity (Wildman–Crippen MR) is 116 cm³/mol. The Labute approximate surface area is 186 Å². The summed E-state index contributed by atoms with van der Waals surface area (Å²) in [6, 6.07) is 5.01. The number of ketones is 1.